The van der Waals surface area contributed by atoms with E-state index in [1.165, 1.54) is 24.3 Å². The maximum absolute atomic E-state index is 11.5. The molecule has 0 radical (unpaired) electrons. The second-order valence-electron chi connectivity index (χ2n) is 4.53. The molecule has 0 unspecified atom stereocenters. The predicted octanol–water partition coefficient (Wildman–Crippen LogP) is 2.59. The van der Waals surface area contributed by atoms with Gasteiger partial charge in [-0.1, -0.05) is 24.3 Å². The fourth-order valence-corrected chi connectivity index (χ4v) is 2.16. The van der Waals surface area contributed by atoms with E-state index < -0.39 is 11.9 Å². The Bertz CT molecular complexity index is 763. The first-order chi connectivity index (χ1) is 10.5. The number of carbonyl (C=O) groups is 3. The molecule has 0 amide bonds. The van der Waals surface area contributed by atoms with Crippen molar-refractivity contribution in [2.75, 3.05) is 0 Å². The standard InChI is InChI=1S/C16H12O6/c1-9-5-6-10(7-12(9)15(18)19)11-3-2-4-13(22-8-17)14(11)16(20)21/h2-8H,1H3,(H,18,19)(H,20,21). The molecule has 0 aliphatic heterocycles. The average Bonchev–Trinajstić information content (AvgIpc) is 2.47. The third kappa shape index (κ3) is 2.80. The monoisotopic (exact) mass is 300 g/mol. The zero-order valence-electron chi connectivity index (χ0n) is 11.6. The number of carbonyl (C=O) groups excluding carboxylic acids is 1. The highest BCUT2D eigenvalue weighted by atomic mass is 16.5. The van der Waals surface area contributed by atoms with Gasteiger partial charge in [-0.3, -0.25) is 4.79 Å². The normalized spacial score (nSPS) is 10.0. The van der Waals surface area contributed by atoms with Gasteiger partial charge in [-0.2, -0.15) is 0 Å². The molecule has 0 aromatic heterocycles. The molecule has 2 rings (SSSR count). The topological polar surface area (TPSA) is 101 Å². The van der Waals surface area contributed by atoms with Crippen molar-refractivity contribution in [2.24, 2.45) is 0 Å². The van der Waals surface area contributed by atoms with Crippen molar-refractivity contribution in [1.29, 1.82) is 0 Å². The first-order valence-corrected chi connectivity index (χ1v) is 6.26. The van der Waals surface area contributed by atoms with Crippen LogP contribution in [0, 0.1) is 6.92 Å². The van der Waals surface area contributed by atoms with E-state index in [1.54, 1.807) is 19.1 Å². The molecule has 112 valence electrons. The molecule has 6 heteroatoms. The number of aryl methyl sites for hydroxylation is 1. The van der Waals surface area contributed by atoms with Crippen LogP contribution in [0.25, 0.3) is 11.1 Å². The van der Waals surface area contributed by atoms with Gasteiger partial charge in [0.1, 0.15) is 11.3 Å². The van der Waals surface area contributed by atoms with Crippen LogP contribution in [0.2, 0.25) is 0 Å². The molecule has 2 aromatic rings. The second kappa shape index (κ2) is 6.09. The minimum absolute atomic E-state index is 0.0792. The Morgan fingerprint density at radius 1 is 1.09 bits per heavy atom. The molecule has 0 aliphatic rings. The average molecular weight is 300 g/mol. The van der Waals surface area contributed by atoms with Gasteiger partial charge in [0.25, 0.3) is 6.47 Å². The molecule has 0 saturated heterocycles. The van der Waals surface area contributed by atoms with E-state index in [1.807, 2.05) is 0 Å². The minimum Gasteiger partial charge on any atom is -0.478 e. The smallest absolute Gasteiger partial charge is 0.340 e. The maximum atomic E-state index is 11.5. The van der Waals surface area contributed by atoms with Crippen LogP contribution >= 0.6 is 0 Å². The molecular weight excluding hydrogens is 288 g/mol. The first-order valence-electron chi connectivity index (χ1n) is 6.26. The van der Waals surface area contributed by atoms with Crippen LogP contribution in [0.3, 0.4) is 0 Å². The van der Waals surface area contributed by atoms with Gasteiger partial charge >= 0.3 is 11.9 Å². The molecule has 6 nitrogen and oxygen atoms in total. The van der Waals surface area contributed by atoms with Crippen LogP contribution in [-0.4, -0.2) is 28.6 Å². The van der Waals surface area contributed by atoms with Gasteiger partial charge in [-0.05, 0) is 35.7 Å². The zero-order valence-corrected chi connectivity index (χ0v) is 11.6. The van der Waals surface area contributed by atoms with Crippen molar-refractivity contribution in [2.45, 2.75) is 6.92 Å². The number of hydrogen-bond acceptors (Lipinski definition) is 4. The maximum Gasteiger partial charge on any atom is 0.340 e. The summed E-state index contributed by atoms with van der Waals surface area (Å²) in [6.45, 7) is 1.79. The van der Waals surface area contributed by atoms with Gasteiger partial charge in [-0.25, -0.2) is 9.59 Å². The molecule has 0 spiro atoms. The summed E-state index contributed by atoms with van der Waals surface area (Å²) in [5, 5.41) is 18.5. The Morgan fingerprint density at radius 2 is 1.82 bits per heavy atom. The Kier molecular flexibility index (Phi) is 4.22. The number of rotatable bonds is 5. The number of carboxylic acid groups (broad SMARTS) is 2. The summed E-state index contributed by atoms with van der Waals surface area (Å²) in [4.78, 5) is 33.2. The lowest BCUT2D eigenvalue weighted by atomic mass is 9.95. The van der Waals surface area contributed by atoms with E-state index in [0.717, 1.165) is 0 Å². The van der Waals surface area contributed by atoms with Gasteiger partial charge in [0.15, 0.2) is 0 Å². The van der Waals surface area contributed by atoms with E-state index >= 15 is 0 Å². The van der Waals surface area contributed by atoms with Gasteiger partial charge in [0, 0.05) is 0 Å². The molecule has 0 fully saturated rings. The first kappa shape index (κ1) is 15.2. The predicted molar refractivity (Wildman–Crippen MR) is 77.2 cm³/mol. The summed E-state index contributed by atoms with van der Waals surface area (Å²) in [6, 6.07) is 9.02. The van der Waals surface area contributed by atoms with Crippen LogP contribution in [0.5, 0.6) is 5.75 Å². The quantitative estimate of drug-likeness (QED) is 0.823. The van der Waals surface area contributed by atoms with Gasteiger partial charge in [0.2, 0.25) is 0 Å². The Hall–Kier alpha value is -3.15. The largest absolute Gasteiger partial charge is 0.478 e. The van der Waals surface area contributed by atoms with Crippen molar-refractivity contribution in [3.05, 3.63) is 53.1 Å². The van der Waals surface area contributed by atoms with Crippen molar-refractivity contribution < 1.29 is 29.3 Å². The SMILES string of the molecule is Cc1ccc(-c2cccc(OC=O)c2C(=O)O)cc1C(=O)O. The Balaban J connectivity index is 2.69. The highest BCUT2D eigenvalue weighted by molar-refractivity contribution is 6.00. The van der Waals surface area contributed by atoms with Gasteiger partial charge in [0.05, 0.1) is 5.56 Å². The lowest BCUT2D eigenvalue weighted by Gasteiger charge is -2.11. The van der Waals surface area contributed by atoms with Gasteiger partial charge in [-0.15, -0.1) is 0 Å². The molecule has 2 N–H and O–H groups in total. The number of benzene rings is 2. The van der Waals surface area contributed by atoms with Gasteiger partial charge < -0.3 is 14.9 Å². The Labute approximate surface area is 125 Å². The third-order valence-corrected chi connectivity index (χ3v) is 3.19. The van der Waals surface area contributed by atoms with E-state index in [2.05, 4.69) is 4.74 Å². The molecular formula is C16H12O6. The molecule has 2 aromatic carbocycles. The van der Waals surface area contributed by atoms with Crippen LogP contribution in [0.15, 0.2) is 36.4 Å². The van der Waals surface area contributed by atoms with Crippen molar-refractivity contribution in [3.63, 3.8) is 0 Å². The number of carboxylic acids is 2. The summed E-state index contributed by atoms with van der Waals surface area (Å²) in [5.74, 6) is -2.47. The highest BCUT2D eigenvalue weighted by Crippen LogP contribution is 2.31. The highest BCUT2D eigenvalue weighted by Gasteiger charge is 2.19. The van der Waals surface area contributed by atoms with E-state index in [4.69, 9.17) is 5.11 Å². The summed E-state index contributed by atoms with van der Waals surface area (Å²) in [5.41, 5.74) is 1.13. The van der Waals surface area contributed by atoms with Crippen molar-refractivity contribution in [3.8, 4) is 16.9 Å². The fraction of sp³-hybridized carbons (Fsp3) is 0.0625. The third-order valence-electron chi connectivity index (χ3n) is 3.19. The number of hydrogen-bond donors (Lipinski definition) is 2. The van der Waals surface area contributed by atoms with Crippen LogP contribution < -0.4 is 4.74 Å². The Morgan fingerprint density at radius 3 is 2.41 bits per heavy atom. The minimum atomic E-state index is -1.27. The molecule has 0 bridgehead atoms. The summed E-state index contributed by atoms with van der Waals surface area (Å²) in [6.07, 6.45) is 0. The van der Waals surface area contributed by atoms with Crippen molar-refractivity contribution in [1.82, 2.24) is 0 Å². The number of aromatic carboxylic acids is 2. The van der Waals surface area contributed by atoms with Crippen LogP contribution in [0.4, 0.5) is 0 Å². The summed E-state index contributed by atoms with van der Waals surface area (Å²) >= 11 is 0. The molecule has 22 heavy (non-hydrogen) atoms. The van der Waals surface area contributed by atoms with E-state index in [0.29, 0.717) is 11.1 Å². The molecule has 0 aliphatic carbocycles. The summed E-state index contributed by atoms with van der Waals surface area (Å²) < 4.78 is 4.68. The fourth-order valence-electron chi connectivity index (χ4n) is 2.16. The van der Waals surface area contributed by atoms with Crippen LogP contribution in [-0.2, 0) is 4.79 Å². The second-order valence-corrected chi connectivity index (χ2v) is 4.53. The zero-order chi connectivity index (χ0) is 16.3. The molecule has 0 atom stereocenters. The van der Waals surface area contributed by atoms with E-state index in [-0.39, 0.29) is 28.9 Å². The van der Waals surface area contributed by atoms with E-state index in [9.17, 15) is 19.5 Å². The lowest BCUT2D eigenvalue weighted by molar-refractivity contribution is -0.120. The van der Waals surface area contributed by atoms with Crippen molar-refractivity contribution >= 4 is 18.4 Å². The van der Waals surface area contributed by atoms with Crippen LogP contribution in [0.1, 0.15) is 26.3 Å². The lowest BCUT2D eigenvalue weighted by Crippen LogP contribution is -2.05. The molecule has 0 heterocycles. The molecule has 0 saturated carbocycles. The number of ether oxygens (including phenoxy) is 1. The summed E-state index contributed by atoms with van der Waals surface area (Å²) in [7, 11) is 0.